The lowest BCUT2D eigenvalue weighted by atomic mass is 9.85. The number of nitrogens with one attached hydrogen (secondary N) is 4. The van der Waals surface area contributed by atoms with Gasteiger partial charge in [0.2, 0.25) is 5.91 Å². The van der Waals surface area contributed by atoms with Gasteiger partial charge in [-0.1, -0.05) is 32.6 Å². The molecule has 0 saturated carbocycles. The SMILES string of the molecule is [CH2-][N+](C)(C)CCCN(CCC[N+](C)(C)C)C(=O)CC[C@@H]1C2=C3CC(=O)c4c3[nH]c(c4C)C=c3[nH]c(c(C)c3CC)=Cc3[nH]c(c(C)c3CC)C(C#CCCCC(=O)O)=C(N2)[C@H]1C. The number of amides is 1. The summed E-state index contributed by atoms with van der Waals surface area (Å²) in [5.74, 6) is 6.16. The van der Waals surface area contributed by atoms with Crippen molar-refractivity contribution >= 4 is 41.0 Å². The van der Waals surface area contributed by atoms with Crippen LogP contribution in [0.4, 0.5) is 0 Å². The standard InChI is InChI=1S/C51H71N7O4/c1-13-35-31(3)40-29-43-36(14-2)32(4)48(54-43)38(20-16-15-17-21-46(61)62)49-33(5)37(22-23-45(60)56(24-18-26-57(7,8)9)25-19-27-58(10,11)12)50(55-49)39-28-44(59)47-34(6)41(53-51(39)47)30-42(35)52-40/h29-30,33,37,52,54H,7,13-15,17-19,21-28H2,1-6,8-12H3,(H2-,53,55,59,61,62)/p+1/t33-,37-/m0/s1. The number of hydrogen-bond donors (Lipinski definition) is 5. The predicted octanol–water partition coefficient (Wildman–Crippen LogP) is 6.48. The molecule has 3 aromatic rings. The van der Waals surface area contributed by atoms with Crippen LogP contribution < -0.4 is 16.0 Å². The Bertz CT molecular complexity index is 2460. The molecule has 8 bridgehead atoms. The van der Waals surface area contributed by atoms with Crippen LogP contribution in [0.3, 0.4) is 0 Å². The number of allylic oxidation sites excluding steroid dienone is 4. The second-order valence-corrected chi connectivity index (χ2v) is 19.6. The fraction of sp³-hybridized carbons (Fsp3) is 0.529. The molecule has 11 nitrogen and oxygen atoms in total. The number of aliphatic carboxylic acids is 1. The molecule has 0 spiro atoms. The number of rotatable bonds is 16. The largest absolute Gasteiger partial charge is 0.481 e. The highest BCUT2D eigenvalue weighted by Gasteiger charge is 2.41. The second-order valence-electron chi connectivity index (χ2n) is 19.6. The summed E-state index contributed by atoms with van der Waals surface area (Å²) in [6.07, 6.45) is 10.1. The highest BCUT2D eigenvalue weighted by Crippen LogP contribution is 2.47. The van der Waals surface area contributed by atoms with Crippen LogP contribution in [-0.2, 0) is 22.4 Å². The van der Waals surface area contributed by atoms with E-state index in [1.807, 2.05) is 6.92 Å². The number of quaternary nitrogens is 2. The molecule has 3 aliphatic rings. The smallest absolute Gasteiger partial charge is 0.303 e. The molecular weight excluding hydrogens is 775 g/mol. The summed E-state index contributed by atoms with van der Waals surface area (Å²) in [7, 11) is 15.0. The Morgan fingerprint density at radius 3 is 2.15 bits per heavy atom. The highest BCUT2D eigenvalue weighted by molar-refractivity contribution is 6.13. The van der Waals surface area contributed by atoms with E-state index in [9.17, 15) is 19.5 Å². The van der Waals surface area contributed by atoms with Crippen LogP contribution in [0.25, 0.3) is 23.3 Å². The number of carboxylic acid groups (broad SMARTS) is 1. The topological polar surface area (TPSA) is 134 Å². The summed E-state index contributed by atoms with van der Waals surface area (Å²) >= 11 is 0. The Morgan fingerprint density at radius 1 is 0.839 bits per heavy atom. The van der Waals surface area contributed by atoms with Crippen LogP contribution in [0.2, 0.25) is 0 Å². The first-order valence-corrected chi connectivity index (χ1v) is 22.8. The number of aromatic amines is 3. The van der Waals surface area contributed by atoms with Crippen molar-refractivity contribution in [3.05, 3.63) is 85.3 Å². The van der Waals surface area contributed by atoms with Gasteiger partial charge in [-0.2, -0.15) is 0 Å². The second kappa shape index (κ2) is 18.7. The Balaban J connectivity index is 1.53. The molecule has 2 atom stereocenters. The van der Waals surface area contributed by atoms with E-state index >= 15 is 0 Å². The summed E-state index contributed by atoms with van der Waals surface area (Å²) in [6, 6.07) is 0. The van der Waals surface area contributed by atoms with E-state index in [2.05, 4.69) is 126 Å². The van der Waals surface area contributed by atoms with Gasteiger partial charge >= 0.3 is 5.97 Å². The van der Waals surface area contributed by atoms with Crippen molar-refractivity contribution in [1.82, 2.24) is 25.2 Å². The molecule has 3 aromatic heterocycles. The maximum atomic E-state index is 14.4. The van der Waals surface area contributed by atoms with Crippen LogP contribution in [0.5, 0.6) is 0 Å². The van der Waals surface area contributed by atoms with Gasteiger partial charge in [-0.25, -0.2) is 0 Å². The fourth-order valence-electron chi connectivity index (χ4n) is 9.83. The molecule has 2 aliphatic heterocycles. The van der Waals surface area contributed by atoms with Crippen molar-refractivity contribution in [3.63, 3.8) is 0 Å². The first-order valence-electron chi connectivity index (χ1n) is 22.8. The Kier molecular flexibility index (Phi) is 14.0. The first kappa shape index (κ1) is 46.5. The monoisotopic (exact) mass is 847 g/mol. The number of carboxylic acids is 1. The third-order valence-electron chi connectivity index (χ3n) is 13.3. The Morgan fingerprint density at radius 2 is 1.50 bits per heavy atom. The molecule has 334 valence electrons. The zero-order valence-electron chi connectivity index (χ0n) is 39.4. The normalized spacial score (nSPS) is 17.2. The van der Waals surface area contributed by atoms with Gasteiger partial charge in [-0.05, 0) is 86.4 Å². The van der Waals surface area contributed by atoms with Crippen molar-refractivity contribution in [2.75, 3.05) is 61.4 Å². The lowest BCUT2D eigenvalue weighted by Gasteiger charge is -2.34. The molecule has 62 heavy (non-hydrogen) atoms. The molecule has 11 heteroatoms. The van der Waals surface area contributed by atoms with Gasteiger partial charge in [0.25, 0.3) is 0 Å². The maximum Gasteiger partial charge on any atom is 0.303 e. The number of aromatic nitrogens is 3. The molecule has 5 N–H and O–H groups in total. The van der Waals surface area contributed by atoms with Gasteiger partial charge < -0.3 is 39.2 Å². The van der Waals surface area contributed by atoms with E-state index in [-0.39, 0.29) is 36.4 Å². The molecule has 1 saturated heterocycles. The van der Waals surface area contributed by atoms with Gasteiger partial charge in [-0.15, -0.1) is 7.05 Å². The lowest BCUT2D eigenvalue weighted by Crippen LogP contribution is -2.40. The molecule has 0 radical (unpaired) electrons. The van der Waals surface area contributed by atoms with E-state index in [0.29, 0.717) is 43.3 Å². The van der Waals surface area contributed by atoms with Crippen molar-refractivity contribution in [1.29, 1.82) is 0 Å². The quantitative estimate of drug-likeness (QED) is 0.0488. The zero-order chi connectivity index (χ0) is 45.3. The minimum absolute atomic E-state index is 0.0589. The summed E-state index contributed by atoms with van der Waals surface area (Å²) in [6.45, 7) is 16.2. The zero-order valence-corrected chi connectivity index (χ0v) is 39.4. The number of fused-ring (bicyclic) bond motifs is 7. The Hall–Kier alpha value is -5.05. The number of carbonyl (C=O) groups excluding carboxylic acids is 2. The minimum atomic E-state index is -0.830. The van der Waals surface area contributed by atoms with Crippen LogP contribution in [0.15, 0.2) is 11.4 Å². The number of H-pyrrole nitrogens is 3. The van der Waals surface area contributed by atoms with Gasteiger partial charge in [-0.3, -0.25) is 14.4 Å². The third kappa shape index (κ3) is 10.1. The van der Waals surface area contributed by atoms with Crippen LogP contribution in [-0.4, -0.2) is 113 Å². The summed E-state index contributed by atoms with van der Waals surface area (Å²) < 4.78 is 1.45. The number of nitrogens with zero attached hydrogens (tertiary/aromatic N) is 3. The van der Waals surface area contributed by atoms with E-state index in [1.54, 1.807) is 0 Å². The third-order valence-corrected chi connectivity index (χ3v) is 13.3. The van der Waals surface area contributed by atoms with E-state index in [0.717, 1.165) is 116 Å². The first-order chi connectivity index (χ1) is 29.2. The molecule has 6 rings (SSSR count). The molecule has 1 aliphatic carbocycles. The van der Waals surface area contributed by atoms with Crippen molar-refractivity contribution in [3.8, 4) is 11.8 Å². The Labute approximate surface area is 369 Å². The van der Waals surface area contributed by atoms with Crippen molar-refractivity contribution in [2.24, 2.45) is 11.8 Å². The maximum absolute atomic E-state index is 14.4. The molecule has 5 heterocycles. The average molecular weight is 847 g/mol. The lowest BCUT2D eigenvalue weighted by molar-refractivity contribution is -0.870. The molecular formula is C51H72N7O4+. The number of hydrogen-bond acceptors (Lipinski definition) is 4. The van der Waals surface area contributed by atoms with Gasteiger partial charge in [0, 0.05) is 122 Å². The summed E-state index contributed by atoms with van der Waals surface area (Å²) in [4.78, 5) is 53.3. The van der Waals surface area contributed by atoms with Crippen LogP contribution >= 0.6 is 0 Å². The number of ketones is 1. The molecule has 0 unspecified atom stereocenters. The van der Waals surface area contributed by atoms with Crippen LogP contribution in [0.1, 0.15) is 133 Å². The van der Waals surface area contributed by atoms with Gasteiger partial charge in [0.15, 0.2) is 5.78 Å². The fourth-order valence-corrected chi connectivity index (χ4v) is 9.83. The van der Waals surface area contributed by atoms with Crippen molar-refractivity contribution in [2.45, 2.75) is 106 Å². The highest BCUT2D eigenvalue weighted by atomic mass is 16.4. The summed E-state index contributed by atoms with van der Waals surface area (Å²) in [5, 5.41) is 15.3. The number of unbranched alkanes of at least 4 members (excludes halogenated alkanes) is 1. The predicted molar refractivity (Wildman–Crippen MR) is 250 cm³/mol. The molecule has 1 amide bonds. The van der Waals surface area contributed by atoms with Crippen LogP contribution in [0, 0.1) is 51.5 Å². The number of carbonyl (C=O) groups is 3. The average Bonchev–Trinajstić information content (AvgIpc) is 3.95. The van der Waals surface area contributed by atoms with Gasteiger partial charge in [0.05, 0.1) is 51.2 Å². The van der Waals surface area contributed by atoms with E-state index in [1.165, 1.54) is 16.7 Å². The minimum Gasteiger partial charge on any atom is -0.481 e. The van der Waals surface area contributed by atoms with Gasteiger partial charge in [0.1, 0.15) is 0 Å². The molecule has 1 fully saturated rings. The number of Topliss-reactive ketones (excluding diaryl/α,β-unsaturated/α-hetero) is 1. The molecule has 0 aromatic carbocycles. The van der Waals surface area contributed by atoms with E-state index in [4.69, 9.17) is 0 Å². The summed E-state index contributed by atoms with van der Waals surface area (Å²) in [5.41, 5.74) is 13.9. The van der Waals surface area contributed by atoms with Crippen molar-refractivity contribution < 1.29 is 28.5 Å². The van der Waals surface area contributed by atoms with E-state index < -0.39 is 5.97 Å².